The van der Waals surface area contributed by atoms with E-state index in [2.05, 4.69) is 44.2 Å². The van der Waals surface area contributed by atoms with Crippen molar-refractivity contribution in [2.75, 3.05) is 7.11 Å². The number of ether oxygens (including phenoxy) is 1. The number of hydrogen-bond donors (Lipinski definition) is 0. The van der Waals surface area contributed by atoms with Crippen LogP contribution in [-0.2, 0) is 5.41 Å². The van der Waals surface area contributed by atoms with Crippen molar-refractivity contribution in [3.8, 4) is 16.9 Å². The second-order valence-corrected chi connectivity index (χ2v) is 9.54. The van der Waals surface area contributed by atoms with Crippen LogP contribution in [0.3, 0.4) is 0 Å². The number of hydrogen-bond acceptors (Lipinski definition) is 2. The highest BCUT2D eigenvalue weighted by Crippen LogP contribution is 2.55. The maximum Gasteiger partial charge on any atom is 0.168 e. The van der Waals surface area contributed by atoms with Crippen LogP contribution in [0.15, 0.2) is 36.4 Å². The molecule has 2 aromatic carbocycles. The van der Waals surface area contributed by atoms with Crippen molar-refractivity contribution in [3.63, 3.8) is 0 Å². The van der Waals surface area contributed by atoms with Crippen molar-refractivity contribution < 1.29 is 9.53 Å². The Kier molecular flexibility index (Phi) is 6.22. The summed E-state index contributed by atoms with van der Waals surface area (Å²) in [5.74, 6) is 1.13. The maximum atomic E-state index is 13.1. The summed E-state index contributed by atoms with van der Waals surface area (Å²) in [6, 6.07) is 12.9. The molecule has 0 amide bonds. The zero-order chi connectivity index (χ0) is 21.2. The minimum Gasteiger partial charge on any atom is -0.497 e. The van der Waals surface area contributed by atoms with Gasteiger partial charge in [-0.2, -0.15) is 0 Å². The van der Waals surface area contributed by atoms with Gasteiger partial charge in [0.05, 0.1) is 7.11 Å². The number of carbonyl (C=O) groups excluding carboxylic acids is 1. The van der Waals surface area contributed by atoms with Gasteiger partial charge in [0.25, 0.3) is 0 Å². The van der Waals surface area contributed by atoms with Crippen LogP contribution in [0.2, 0.25) is 0 Å². The van der Waals surface area contributed by atoms with E-state index in [4.69, 9.17) is 4.74 Å². The molecular weight excluding hydrogens is 356 g/mol. The van der Waals surface area contributed by atoms with Gasteiger partial charge in [-0.15, -0.1) is 0 Å². The highest BCUT2D eigenvalue weighted by Gasteiger charge is 2.43. The van der Waals surface area contributed by atoms with Gasteiger partial charge in [0.15, 0.2) is 5.78 Å². The molecule has 0 saturated carbocycles. The molecule has 1 aliphatic carbocycles. The summed E-state index contributed by atoms with van der Waals surface area (Å²) in [7, 11) is 1.74. The van der Waals surface area contributed by atoms with E-state index in [1.165, 1.54) is 47.9 Å². The number of carbonyl (C=O) groups is 1. The molecule has 2 heteroatoms. The van der Waals surface area contributed by atoms with Gasteiger partial charge < -0.3 is 4.74 Å². The van der Waals surface area contributed by atoms with Crippen molar-refractivity contribution in [2.24, 2.45) is 5.41 Å². The van der Waals surface area contributed by atoms with Crippen LogP contribution in [0.1, 0.15) is 94.6 Å². The molecule has 0 bridgehead atoms. The molecule has 0 aromatic heterocycles. The zero-order valence-corrected chi connectivity index (χ0v) is 19.0. The second kappa shape index (κ2) is 8.34. The lowest BCUT2D eigenvalue weighted by atomic mass is 9.70. The smallest absolute Gasteiger partial charge is 0.168 e. The van der Waals surface area contributed by atoms with Crippen LogP contribution < -0.4 is 4.74 Å². The first-order valence-electron chi connectivity index (χ1n) is 11.2. The van der Waals surface area contributed by atoms with Crippen LogP contribution in [0.25, 0.3) is 11.1 Å². The van der Waals surface area contributed by atoms with Gasteiger partial charge in [0.1, 0.15) is 5.75 Å². The van der Waals surface area contributed by atoms with Crippen LogP contribution in [0.4, 0.5) is 0 Å². The molecule has 0 fully saturated rings. The van der Waals surface area contributed by atoms with Crippen molar-refractivity contribution in [2.45, 2.75) is 78.6 Å². The van der Waals surface area contributed by atoms with Gasteiger partial charge in [-0.3, -0.25) is 4.79 Å². The third-order valence-electron chi connectivity index (χ3n) is 6.43. The normalized spacial score (nSPS) is 14.4. The number of rotatable bonds is 8. The first kappa shape index (κ1) is 21.6. The summed E-state index contributed by atoms with van der Waals surface area (Å²) in [5, 5.41) is 0. The molecule has 1 aliphatic rings. The van der Waals surface area contributed by atoms with Crippen LogP contribution in [0.5, 0.6) is 5.75 Å². The van der Waals surface area contributed by atoms with E-state index in [-0.39, 0.29) is 16.6 Å². The fourth-order valence-corrected chi connectivity index (χ4v) is 4.80. The molecular formula is C27H36O2. The van der Waals surface area contributed by atoms with Crippen molar-refractivity contribution >= 4 is 5.78 Å². The van der Waals surface area contributed by atoms with Crippen LogP contribution in [-0.4, -0.2) is 12.9 Å². The van der Waals surface area contributed by atoms with Gasteiger partial charge in [-0.1, -0.05) is 78.5 Å². The van der Waals surface area contributed by atoms with E-state index in [0.29, 0.717) is 0 Å². The number of methoxy groups -OCH3 is 1. The summed E-state index contributed by atoms with van der Waals surface area (Å²) < 4.78 is 5.59. The monoisotopic (exact) mass is 392 g/mol. The summed E-state index contributed by atoms with van der Waals surface area (Å²) in [6.45, 7) is 10.5. The number of benzene rings is 2. The fourth-order valence-electron chi connectivity index (χ4n) is 4.80. The molecule has 0 N–H and O–H groups in total. The van der Waals surface area contributed by atoms with Gasteiger partial charge in [0, 0.05) is 16.4 Å². The molecule has 0 aliphatic heterocycles. The third-order valence-corrected chi connectivity index (χ3v) is 6.43. The molecule has 0 radical (unpaired) electrons. The number of unbranched alkanes of at least 4 members (excludes halogenated alkanes) is 2. The van der Waals surface area contributed by atoms with Crippen LogP contribution >= 0.6 is 0 Å². The topological polar surface area (TPSA) is 26.3 Å². The van der Waals surface area contributed by atoms with Crippen molar-refractivity contribution in [1.29, 1.82) is 0 Å². The van der Waals surface area contributed by atoms with Gasteiger partial charge in [-0.05, 0) is 53.3 Å². The van der Waals surface area contributed by atoms with Gasteiger partial charge in [0.2, 0.25) is 0 Å². The molecule has 0 spiro atoms. The van der Waals surface area contributed by atoms with E-state index in [0.717, 1.165) is 24.2 Å². The minimum atomic E-state index is -0.377. The highest BCUT2D eigenvalue weighted by molar-refractivity contribution is 6.01. The van der Waals surface area contributed by atoms with E-state index in [9.17, 15) is 4.79 Å². The third kappa shape index (κ3) is 3.86. The molecule has 0 atom stereocenters. The van der Waals surface area contributed by atoms with E-state index >= 15 is 0 Å². The number of ketones is 1. The van der Waals surface area contributed by atoms with E-state index in [1.807, 2.05) is 26.8 Å². The standard InChI is InChI=1S/C27H36O2/c1-7-9-15-27(16-10-8-2)23-17-19(25(28)26(3,4)5)11-13-21(23)22-14-12-20(29-6)18-24(22)27/h11-14,17-18H,7-10,15-16H2,1-6H3. The number of fused-ring (bicyclic) bond motifs is 3. The summed E-state index contributed by atoms with van der Waals surface area (Å²) in [5.41, 5.74) is 5.76. The Labute approximate surface area is 176 Å². The molecule has 3 rings (SSSR count). The van der Waals surface area contributed by atoms with E-state index < -0.39 is 0 Å². The first-order valence-corrected chi connectivity index (χ1v) is 11.2. The molecule has 2 aromatic rings. The van der Waals surface area contributed by atoms with Gasteiger partial charge in [-0.25, -0.2) is 0 Å². The summed E-state index contributed by atoms with van der Waals surface area (Å²) >= 11 is 0. The Balaban J connectivity index is 2.24. The Morgan fingerprint density at radius 3 is 1.97 bits per heavy atom. The molecule has 29 heavy (non-hydrogen) atoms. The van der Waals surface area contributed by atoms with Gasteiger partial charge >= 0.3 is 0 Å². The molecule has 0 saturated heterocycles. The average Bonchev–Trinajstić information content (AvgIpc) is 2.98. The van der Waals surface area contributed by atoms with E-state index in [1.54, 1.807) is 7.11 Å². The predicted molar refractivity (Wildman–Crippen MR) is 122 cm³/mol. The Morgan fingerprint density at radius 2 is 1.45 bits per heavy atom. The number of Topliss-reactive ketones (excluding diaryl/α,β-unsaturated/α-hetero) is 1. The fraction of sp³-hybridized carbons (Fsp3) is 0.519. The SMILES string of the molecule is CCCCC1(CCCC)c2cc(OC)ccc2-c2ccc(C(=O)C(C)(C)C)cc21. The van der Waals surface area contributed by atoms with Crippen molar-refractivity contribution in [1.82, 2.24) is 0 Å². The Hall–Kier alpha value is -2.09. The first-order chi connectivity index (χ1) is 13.8. The maximum absolute atomic E-state index is 13.1. The van der Waals surface area contributed by atoms with Crippen LogP contribution in [0, 0.1) is 5.41 Å². The molecule has 0 heterocycles. The Morgan fingerprint density at radius 1 is 0.897 bits per heavy atom. The lowest BCUT2D eigenvalue weighted by Gasteiger charge is -2.33. The second-order valence-electron chi connectivity index (χ2n) is 9.54. The minimum absolute atomic E-state index is 0.0284. The molecule has 156 valence electrons. The quantitative estimate of drug-likeness (QED) is 0.433. The summed E-state index contributed by atoms with van der Waals surface area (Å²) in [6.07, 6.45) is 6.93. The lowest BCUT2D eigenvalue weighted by molar-refractivity contribution is 0.0858. The predicted octanol–water partition coefficient (Wildman–Crippen LogP) is 7.57. The van der Waals surface area contributed by atoms with Crippen molar-refractivity contribution in [3.05, 3.63) is 53.1 Å². The highest BCUT2D eigenvalue weighted by atomic mass is 16.5. The zero-order valence-electron chi connectivity index (χ0n) is 19.0. The average molecular weight is 393 g/mol. The molecule has 0 unspecified atom stereocenters. The largest absolute Gasteiger partial charge is 0.497 e. The Bertz CT molecular complexity index is 878. The lowest BCUT2D eigenvalue weighted by Crippen LogP contribution is -2.26. The molecule has 2 nitrogen and oxygen atoms in total. The summed E-state index contributed by atoms with van der Waals surface area (Å²) in [4.78, 5) is 13.1.